The van der Waals surface area contributed by atoms with Gasteiger partial charge in [0.2, 0.25) is 0 Å². The van der Waals surface area contributed by atoms with Crippen LogP contribution < -0.4 is 10.1 Å². The lowest BCUT2D eigenvalue weighted by Crippen LogP contribution is -2.21. The van der Waals surface area contributed by atoms with Crippen molar-refractivity contribution in [3.05, 3.63) is 58.1 Å². The van der Waals surface area contributed by atoms with E-state index in [1.165, 1.54) is 5.56 Å². The first kappa shape index (κ1) is 17.5. The van der Waals surface area contributed by atoms with Gasteiger partial charge in [-0.1, -0.05) is 48.8 Å². The van der Waals surface area contributed by atoms with Gasteiger partial charge < -0.3 is 10.1 Å². The highest BCUT2D eigenvalue weighted by atomic mass is 79.9. The van der Waals surface area contributed by atoms with E-state index >= 15 is 0 Å². The summed E-state index contributed by atoms with van der Waals surface area (Å²) in [6.07, 6.45) is 0.988. The summed E-state index contributed by atoms with van der Waals surface area (Å²) in [6.45, 7) is 6.30. The molecule has 0 saturated carbocycles. The summed E-state index contributed by atoms with van der Waals surface area (Å²) in [5.74, 6) is 0.872. The molecule has 0 radical (unpaired) electrons. The van der Waals surface area contributed by atoms with Crippen molar-refractivity contribution in [3.63, 3.8) is 0 Å². The first-order valence-electron chi connectivity index (χ1n) is 7.80. The van der Waals surface area contributed by atoms with Crippen LogP contribution in [0.3, 0.4) is 0 Å². The molecule has 0 spiro atoms. The molecular formula is C19H22BrNO2. The monoisotopic (exact) mass is 375 g/mol. The molecule has 23 heavy (non-hydrogen) atoms. The summed E-state index contributed by atoms with van der Waals surface area (Å²) in [6, 6.07) is 13.7. The number of aryl methyl sites for hydroxylation is 1. The number of benzene rings is 2. The second-order valence-corrected chi connectivity index (χ2v) is 6.64. The van der Waals surface area contributed by atoms with Crippen LogP contribution in [0.5, 0.6) is 5.75 Å². The Balaban J connectivity index is 1.96. The summed E-state index contributed by atoms with van der Waals surface area (Å²) >= 11 is 3.47. The molecule has 0 aliphatic heterocycles. The summed E-state index contributed by atoms with van der Waals surface area (Å²) in [5, 5.41) is 2.93. The van der Waals surface area contributed by atoms with Crippen LogP contribution in [-0.2, 0) is 11.2 Å². The number of halogens is 1. The average Bonchev–Trinajstić information content (AvgIpc) is 2.55. The zero-order valence-corrected chi connectivity index (χ0v) is 15.3. The van der Waals surface area contributed by atoms with Crippen LogP contribution in [0.2, 0.25) is 0 Å². The number of carbonyl (C=O) groups excluding carboxylic acids is 1. The molecule has 0 aliphatic rings. The quantitative estimate of drug-likeness (QED) is 0.757. The number of nitrogens with one attached hydrogen (secondary N) is 1. The molecule has 0 unspecified atom stereocenters. The third kappa shape index (κ3) is 5.10. The lowest BCUT2D eigenvalue weighted by Gasteiger charge is -2.14. The van der Waals surface area contributed by atoms with Gasteiger partial charge >= 0.3 is 0 Å². The van der Waals surface area contributed by atoms with Gasteiger partial charge in [-0.2, -0.15) is 0 Å². The first-order valence-corrected chi connectivity index (χ1v) is 8.60. The number of anilines is 1. The van der Waals surface area contributed by atoms with E-state index in [2.05, 4.69) is 42.0 Å². The van der Waals surface area contributed by atoms with Gasteiger partial charge in [0.25, 0.3) is 5.91 Å². The highest BCUT2D eigenvalue weighted by Gasteiger charge is 2.11. The van der Waals surface area contributed by atoms with Gasteiger partial charge in [-0.05, 0) is 53.8 Å². The van der Waals surface area contributed by atoms with Crippen molar-refractivity contribution in [1.82, 2.24) is 0 Å². The topological polar surface area (TPSA) is 38.3 Å². The molecule has 2 rings (SSSR count). The molecule has 0 heterocycles. The molecule has 4 heteroatoms. The predicted octanol–water partition coefficient (Wildman–Crippen LogP) is 5.15. The smallest absolute Gasteiger partial charge is 0.262 e. The molecule has 0 aliphatic carbocycles. The van der Waals surface area contributed by atoms with Crippen molar-refractivity contribution in [3.8, 4) is 5.75 Å². The SMILES string of the molecule is CCc1ccc(OCC(=O)Nc2ccc(Br)cc2C(C)C)cc1. The fraction of sp³-hybridized carbons (Fsp3) is 0.316. The van der Waals surface area contributed by atoms with Gasteiger partial charge in [0.05, 0.1) is 0 Å². The number of hydrogen-bond donors (Lipinski definition) is 1. The van der Waals surface area contributed by atoms with Crippen LogP contribution >= 0.6 is 15.9 Å². The molecule has 2 aromatic rings. The van der Waals surface area contributed by atoms with E-state index in [0.717, 1.165) is 22.1 Å². The number of amides is 1. The Morgan fingerprint density at radius 3 is 2.48 bits per heavy atom. The molecule has 0 saturated heterocycles. The Hall–Kier alpha value is -1.81. The van der Waals surface area contributed by atoms with E-state index in [4.69, 9.17) is 4.74 Å². The minimum atomic E-state index is -0.159. The van der Waals surface area contributed by atoms with Gasteiger partial charge in [-0.25, -0.2) is 0 Å². The zero-order valence-electron chi connectivity index (χ0n) is 13.7. The summed E-state index contributed by atoms with van der Waals surface area (Å²) in [5.41, 5.74) is 3.18. The van der Waals surface area contributed by atoms with Crippen molar-refractivity contribution in [1.29, 1.82) is 0 Å². The molecule has 3 nitrogen and oxygen atoms in total. The highest BCUT2D eigenvalue weighted by Crippen LogP contribution is 2.27. The summed E-state index contributed by atoms with van der Waals surface area (Å²) in [4.78, 5) is 12.1. The molecule has 0 aromatic heterocycles. The largest absolute Gasteiger partial charge is 0.484 e. The summed E-state index contributed by atoms with van der Waals surface area (Å²) < 4.78 is 6.55. The molecule has 122 valence electrons. The maximum atomic E-state index is 12.1. The molecule has 0 fully saturated rings. The van der Waals surface area contributed by atoms with Gasteiger partial charge in [0.15, 0.2) is 6.61 Å². The molecule has 0 bridgehead atoms. The van der Waals surface area contributed by atoms with Crippen molar-refractivity contribution >= 4 is 27.5 Å². The van der Waals surface area contributed by atoms with E-state index < -0.39 is 0 Å². The van der Waals surface area contributed by atoms with Gasteiger partial charge in [-0.15, -0.1) is 0 Å². The van der Waals surface area contributed by atoms with E-state index in [-0.39, 0.29) is 12.5 Å². The molecule has 1 amide bonds. The van der Waals surface area contributed by atoms with E-state index in [9.17, 15) is 4.79 Å². The average molecular weight is 376 g/mol. The second-order valence-electron chi connectivity index (χ2n) is 5.72. The molecular weight excluding hydrogens is 354 g/mol. The Labute approximate surface area is 146 Å². The fourth-order valence-electron chi connectivity index (χ4n) is 2.28. The van der Waals surface area contributed by atoms with E-state index in [1.54, 1.807) is 0 Å². The van der Waals surface area contributed by atoms with Crippen LogP contribution in [0.25, 0.3) is 0 Å². The van der Waals surface area contributed by atoms with Crippen molar-refractivity contribution < 1.29 is 9.53 Å². The minimum Gasteiger partial charge on any atom is -0.484 e. The van der Waals surface area contributed by atoms with Crippen LogP contribution in [0.15, 0.2) is 46.9 Å². The number of rotatable bonds is 6. The first-order chi connectivity index (χ1) is 11.0. The van der Waals surface area contributed by atoms with Gasteiger partial charge in [0, 0.05) is 10.2 Å². The Kier molecular flexibility index (Phi) is 6.22. The maximum Gasteiger partial charge on any atom is 0.262 e. The van der Waals surface area contributed by atoms with Crippen LogP contribution in [0.4, 0.5) is 5.69 Å². The second kappa shape index (κ2) is 8.16. The standard InChI is InChI=1S/C19H22BrNO2/c1-4-14-5-8-16(9-6-14)23-12-19(22)21-18-10-7-15(20)11-17(18)13(2)3/h5-11,13H,4,12H2,1-3H3,(H,21,22). The molecule has 0 atom stereocenters. The van der Waals surface area contributed by atoms with Crippen LogP contribution in [0, 0.1) is 0 Å². The third-order valence-electron chi connectivity index (χ3n) is 3.61. The predicted molar refractivity (Wildman–Crippen MR) is 98.2 cm³/mol. The van der Waals surface area contributed by atoms with E-state index in [0.29, 0.717) is 11.7 Å². The lowest BCUT2D eigenvalue weighted by molar-refractivity contribution is -0.118. The summed E-state index contributed by atoms with van der Waals surface area (Å²) in [7, 11) is 0. The number of carbonyl (C=O) groups is 1. The minimum absolute atomic E-state index is 0.000922. The third-order valence-corrected chi connectivity index (χ3v) is 4.10. The lowest BCUT2D eigenvalue weighted by atomic mass is 10.0. The van der Waals surface area contributed by atoms with Crippen molar-refractivity contribution in [2.24, 2.45) is 0 Å². The molecule has 1 N–H and O–H groups in total. The van der Waals surface area contributed by atoms with Gasteiger partial charge in [-0.3, -0.25) is 4.79 Å². The number of hydrogen-bond acceptors (Lipinski definition) is 2. The Morgan fingerprint density at radius 2 is 1.87 bits per heavy atom. The normalized spacial score (nSPS) is 10.7. The maximum absolute atomic E-state index is 12.1. The zero-order chi connectivity index (χ0) is 16.8. The Bertz CT molecular complexity index is 666. The highest BCUT2D eigenvalue weighted by molar-refractivity contribution is 9.10. The molecule has 2 aromatic carbocycles. The number of ether oxygens (including phenoxy) is 1. The van der Waals surface area contributed by atoms with Crippen molar-refractivity contribution in [2.75, 3.05) is 11.9 Å². The van der Waals surface area contributed by atoms with Gasteiger partial charge in [0.1, 0.15) is 5.75 Å². The Morgan fingerprint density at radius 1 is 1.17 bits per heavy atom. The van der Waals surface area contributed by atoms with Crippen molar-refractivity contribution in [2.45, 2.75) is 33.1 Å². The fourth-order valence-corrected chi connectivity index (χ4v) is 2.66. The van der Waals surface area contributed by atoms with Crippen LogP contribution in [0.1, 0.15) is 37.8 Å². The van der Waals surface area contributed by atoms with Crippen LogP contribution in [-0.4, -0.2) is 12.5 Å². The van der Waals surface area contributed by atoms with E-state index in [1.807, 2.05) is 42.5 Å².